The second-order valence-electron chi connectivity index (χ2n) is 17.0. The maximum atomic E-state index is 14.1. The highest BCUT2D eigenvalue weighted by Gasteiger charge is 2.28. The lowest BCUT2D eigenvalue weighted by Crippen LogP contribution is -2.47. The Labute approximate surface area is 372 Å². The summed E-state index contributed by atoms with van der Waals surface area (Å²) in [6, 6.07) is 22.1. The van der Waals surface area contributed by atoms with E-state index >= 15 is 0 Å². The van der Waals surface area contributed by atoms with Gasteiger partial charge in [0.05, 0.1) is 11.3 Å². The van der Waals surface area contributed by atoms with E-state index < -0.39 is 23.8 Å². The molecule has 8 rings (SSSR count). The number of nitrogens with one attached hydrogen (secondary N) is 7. The number of anilines is 4. The SMILES string of the molecule is O=C1CCC(Nc2ccc(N3CCN(CCCCCCNC(=O)c4ccc(NC5CCOCC5)c(C(=O)NC5NNc6ccc(Cc7cc(F)cc(F)c7)cc65)c4)CC3)cc2)C(=O)N1. The molecule has 4 aromatic carbocycles. The van der Waals surface area contributed by atoms with Crippen LogP contribution in [0.25, 0.3) is 0 Å². The van der Waals surface area contributed by atoms with Crippen LogP contribution in [0.5, 0.6) is 0 Å². The lowest BCUT2D eigenvalue weighted by molar-refractivity contribution is -0.133. The summed E-state index contributed by atoms with van der Waals surface area (Å²) in [6.45, 7) is 6.67. The number of imide groups is 1. The largest absolute Gasteiger partial charge is 0.381 e. The van der Waals surface area contributed by atoms with Crippen LogP contribution < -0.4 is 42.3 Å². The van der Waals surface area contributed by atoms with Gasteiger partial charge in [-0.2, -0.15) is 0 Å². The molecule has 4 aliphatic heterocycles. The number of fused-ring (bicyclic) bond motifs is 1. The summed E-state index contributed by atoms with van der Waals surface area (Å²) in [5.74, 6) is -2.38. The Morgan fingerprint density at radius 1 is 0.766 bits per heavy atom. The van der Waals surface area contributed by atoms with Crippen molar-refractivity contribution in [2.24, 2.45) is 0 Å². The number of benzene rings is 4. The van der Waals surface area contributed by atoms with Gasteiger partial charge in [0.1, 0.15) is 23.8 Å². The fraction of sp³-hybridized carbons (Fsp3) is 0.417. The van der Waals surface area contributed by atoms with Crippen LogP contribution in [0.4, 0.5) is 31.5 Å². The van der Waals surface area contributed by atoms with E-state index in [2.05, 4.69) is 59.4 Å². The minimum atomic E-state index is -0.634. The number of halogens is 2. The van der Waals surface area contributed by atoms with Gasteiger partial charge in [-0.25, -0.2) is 14.2 Å². The van der Waals surface area contributed by atoms with Crippen LogP contribution in [0, 0.1) is 11.6 Å². The number of piperidine rings is 1. The van der Waals surface area contributed by atoms with Crippen molar-refractivity contribution >= 4 is 46.4 Å². The molecule has 14 nitrogen and oxygen atoms in total. The summed E-state index contributed by atoms with van der Waals surface area (Å²) >= 11 is 0. The lowest BCUT2D eigenvalue weighted by atomic mass is 10.0. The minimum absolute atomic E-state index is 0.120. The average Bonchev–Trinajstić information content (AvgIpc) is 3.68. The zero-order valence-electron chi connectivity index (χ0n) is 36.0. The van der Waals surface area contributed by atoms with Gasteiger partial charge in [0.15, 0.2) is 0 Å². The first-order valence-electron chi connectivity index (χ1n) is 22.5. The maximum absolute atomic E-state index is 14.1. The fourth-order valence-corrected chi connectivity index (χ4v) is 8.78. The molecular formula is C48H57F2N9O5. The summed E-state index contributed by atoms with van der Waals surface area (Å²) in [5.41, 5.74) is 12.5. The standard InChI is InChI=1S/C48H57F2N9O5/c49-34-26-32(27-35(50)30-34)25-31-5-11-42-39(28-31)45(57-56-42)55-47(62)40-29-33(6-12-41(40)52-37-15-23-64-24-16-37)46(61)51-17-3-1-2-4-18-58-19-21-59(22-20-58)38-9-7-36(8-10-38)53-43-13-14-44(60)54-48(43)63/h5-12,26-30,37,43,45,52-53,56-57H,1-4,13-25H2,(H,51,61)(H,55,62)(H,54,60,63). The molecule has 2 unspecified atom stereocenters. The number of hydrazine groups is 1. The molecule has 4 amide bonds. The van der Waals surface area contributed by atoms with Crippen molar-refractivity contribution in [3.63, 3.8) is 0 Å². The summed E-state index contributed by atoms with van der Waals surface area (Å²) in [4.78, 5) is 55.9. The first-order chi connectivity index (χ1) is 31.1. The second kappa shape index (κ2) is 21.1. The molecule has 0 spiro atoms. The number of carbonyl (C=O) groups excluding carboxylic acids is 4. The van der Waals surface area contributed by atoms with Crippen LogP contribution >= 0.6 is 0 Å². The Kier molecular flexibility index (Phi) is 14.6. The normalized spacial score (nSPS) is 19.1. The Bertz CT molecular complexity index is 2280. The molecule has 0 radical (unpaired) electrons. The van der Waals surface area contributed by atoms with E-state index in [1.165, 1.54) is 12.1 Å². The van der Waals surface area contributed by atoms with Gasteiger partial charge in [-0.05, 0) is 123 Å². The van der Waals surface area contributed by atoms with E-state index in [-0.39, 0.29) is 29.7 Å². The van der Waals surface area contributed by atoms with Crippen molar-refractivity contribution in [3.05, 3.63) is 118 Å². The highest BCUT2D eigenvalue weighted by molar-refractivity contribution is 6.04. The van der Waals surface area contributed by atoms with E-state index in [0.29, 0.717) is 61.4 Å². The van der Waals surface area contributed by atoms with Crippen molar-refractivity contribution in [2.45, 2.75) is 76.0 Å². The first kappa shape index (κ1) is 44.5. The van der Waals surface area contributed by atoms with Gasteiger partial charge in [-0.3, -0.25) is 29.4 Å². The third-order valence-corrected chi connectivity index (χ3v) is 12.4. The minimum Gasteiger partial charge on any atom is -0.381 e. The van der Waals surface area contributed by atoms with Gasteiger partial charge in [0, 0.05) is 92.7 Å². The average molecular weight is 878 g/mol. The third kappa shape index (κ3) is 11.7. The van der Waals surface area contributed by atoms with Crippen molar-refractivity contribution in [2.75, 3.05) is 73.4 Å². The Hall–Kier alpha value is -6.10. The van der Waals surface area contributed by atoms with Gasteiger partial charge in [-0.1, -0.05) is 18.9 Å². The van der Waals surface area contributed by atoms with Crippen molar-refractivity contribution < 1.29 is 32.7 Å². The number of piperazine rings is 1. The zero-order chi connectivity index (χ0) is 44.4. The number of ether oxygens (including phenoxy) is 1. The topological polar surface area (TPSA) is 168 Å². The third-order valence-electron chi connectivity index (χ3n) is 12.4. The molecule has 3 fully saturated rings. The number of carbonyl (C=O) groups is 4. The molecule has 4 aliphatic rings. The lowest BCUT2D eigenvalue weighted by Gasteiger charge is -2.36. The summed E-state index contributed by atoms with van der Waals surface area (Å²) in [6.07, 6.45) is 6.12. The monoisotopic (exact) mass is 877 g/mol. The molecule has 338 valence electrons. The van der Waals surface area contributed by atoms with Crippen molar-refractivity contribution in [1.29, 1.82) is 0 Å². The van der Waals surface area contributed by atoms with E-state index in [1.807, 2.05) is 30.3 Å². The summed E-state index contributed by atoms with van der Waals surface area (Å²) < 4.78 is 33.3. The second-order valence-corrected chi connectivity index (χ2v) is 17.0. The molecule has 0 aliphatic carbocycles. The Morgan fingerprint density at radius 3 is 2.30 bits per heavy atom. The quantitative estimate of drug-likeness (QED) is 0.0504. The highest BCUT2D eigenvalue weighted by atomic mass is 19.1. The smallest absolute Gasteiger partial charge is 0.254 e. The Morgan fingerprint density at radius 2 is 1.53 bits per heavy atom. The van der Waals surface area contributed by atoms with E-state index in [0.717, 1.165) is 106 Å². The molecule has 4 heterocycles. The van der Waals surface area contributed by atoms with Crippen LogP contribution in [0.1, 0.15) is 94.9 Å². The van der Waals surface area contributed by atoms with E-state index in [1.54, 1.807) is 18.2 Å². The number of nitrogens with zero attached hydrogens (tertiary/aromatic N) is 2. The molecule has 3 saturated heterocycles. The number of amides is 4. The number of hydrogen-bond donors (Lipinski definition) is 7. The van der Waals surface area contributed by atoms with Crippen LogP contribution in [0.2, 0.25) is 0 Å². The first-order valence-corrected chi connectivity index (χ1v) is 22.5. The van der Waals surface area contributed by atoms with Crippen LogP contribution in [0.15, 0.2) is 78.9 Å². The number of rotatable bonds is 17. The molecule has 0 aromatic heterocycles. The highest BCUT2D eigenvalue weighted by Crippen LogP contribution is 2.30. The number of unbranched alkanes of at least 4 members (excludes halogenated alkanes) is 3. The predicted octanol–water partition coefficient (Wildman–Crippen LogP) is 5.83. The van der Waals surface area contributed by atoms with Gasteiger partial charge >= 0.3 is 0 Å². The van der Waals surface area contributed by atoms with Crippen molar-refractivity contribution in [3.8, 4) is 0 Å². The van der Waals surface area contributed by atoms with Gasteiger partial charge < -0.3 is 36.3 Å². The van der Waals surface area contributed by atoms with Crippen LogP contribution in [0.3, 0.4) is 0 Å². The summed E-state index contributed by atoms with van der Waals surface area (Å²) in [7, 11) is 0. The predicted molar refractivity (Wildman–Crippen MR) is 242 cm³/mol. The fourth-order valence-electron chi connectivity index (χ4n) is 8.78. The van der Waals surface area contributed by atoms with E-state index in [9.17, 15) is 28.0 Å². The van der Waals surface area contributed by atoms with Crippen molar-refractivity contribution in [1.82, 2.24) is 26.3 Å². The Balaban J connectivity index is 0.782. The molecule has 0 bridgehead atoms. The zero-order valence-corrected chi connectivity index (χ0v) is 36.0. The molecular weight excluding hydrogens is 821 g/mol. The molecule has 16 heteroatoms. The van der Waals surface area contributed by atoms with Gasteiger partial charge in [0.25, 0.3) is 11.8 Å². The maximum Gasteiger partial charge on any atom is 0.254 e. The molecule has 0 saturated carbocycles. The van der Waals surface area contributed by atoms with Gasteiger partial charge in [-0.15, -0.1) is 0 Å². The molecule has 2 atom stereocenters. The molecule has 4 aromatic rings. The van der Waals surface area contributed by atoms with Crippen LogP contribution in [-0.2, 0) is 20.7 Å². The van der Waals surface area contributed by atoms with Crippen LogP contribution in [-0.4, -0.2) is 93.1 Å². The number of hydrogen-bond acceptors (Lipinski definition) is 11. The molecule has 64 heavy (non-hydrogen) atoms. The molecule has 7 N–H and O–H groups in total. The van der Waals surface area contributed by atoms with Gasteiger partial charge in [0.2, 0.25) is 11.8 Å². The summed E-state index contributed by atoms with van der Waals surface area (Å²) in [5, 5.41) is 15.3. The van der Waals surface area contributed by atoms with E-state index in [4.69, 9.17) is 4.74 Å².